The van der Waals surface area contributed by atoms with Crippen molar-refractivity contribution in [1.82, 2.24) is 24.4 Å². The zero-order valence-corrected chi connectivity index (χ0v) is 37.7. The Morgan fingerprint density at radius 2 is 1.76 bits per heavy atom. The number of ether oxygens (including phenoxy) is 1. The van der Waals surface area contributed by atoms with Crippen molar-refractivity contribution in [3.8, 4) is 28.6 Å². The first kappa shape index (κ1) is 44.5. The monoisotopic (exact) mass is 897 g/mol. The summed E-state index contributed by atoms with van der Waals surface area (Å²) in [5.74, 6) is 0.464. The number of aryl methyl sites for hydroxylation is 2. The van der Waals surface area contributed by atoms with Gasteiger partial charge in [-0.2, -0.15) is 5.10 Å². The number of nitrogens with one attached hydrogen (secondary N) is 1. The quantitative estimate of drug-likeness (QED) is 0.0775. The van der Waals surface area contributed by atoms with E-state index in [2.05, 4.69) is 21.3 Å². The van der Waals surface area contributed by atoms with Crippen LogP contribution in [0.4, 0.5) is 10.5 Å². The van der Waals surface area contributed by atoms with Gasteiger partial charge in [0.25, 0.3) is 5.56 Å². The number of pyridine rings is 2. The number of carbonyl (C=O) groups excluding carboxylic acids is 2. The highest BCUT2D eigenvalue weighted by molar-refractivity contribution is 6.13. The highest BCUT2D eigenvalue weighted by Crippen LogP contribution is 2.40. The molecule has 2 atom stereocenters. The second kappa shape index (κ2) is 17.2. The predicted molar refractivity (Wildman–Crippen MR) is 250 cm³/mol. The molecule has 6 N–H and O–H groups in total. The number of amidine groups is 1. The minimum atomic E-state index is -1.93. The highest BCUT2D eigenvalue weighted by Gasteiger charge is 2.39. The Morgan fingerprint density at radius 1 is 0.985 bits per heavy atom. The first-order valence-electron chi connectivity index (χ1n) is 22.6. The van der Waals surface area contributed by atoms with Crippen molar-refractivity contribution < 1.29 is 39.9 Å². The number of piperidine rings is 1. The van der Waals surface area contributed by atoms with Gasteiger partial charge in [0.15, 0.2) is 11.6 Å². The molecule has 344 valence electrons. The molecule has 6 aromatic rings. The SMILES string of the molecule is CCc1c2c(nc3ccc(OC(=O)N4CCC(CCn5ccc6cc(N7C(c8cc(C(C)C)c(O)cc8O)=NNC7O)ccc65)CC4)cc13)-c1cc([C@@](O)(CC)C(C)=O)c(CO)c(=O)n1C2. The number of fused-ring (bicyclic) bond motifs is 5. The fraction of sp³-hybridized carbons (Fsp3) is 0.380. The Labute approximate surface area is 381 Å². The zero-order chi connectivity index (χ0) is 46.8. The third kappa shape index (κ3) is 7.52. The molecule has 0 bridgehead atoms. The van der Waals surface area contributed by atoms with E-state index in [-0.39, 0.29) is 41.5 Å². The number of anilines is 1. The smallest absolute Gasteiger partial charge is 0.415 e. The summed E-state index contributed by atoms with van der Waals surface area (Å²) in [6.45, 7) is 10.3. The number of Topliss-reactive ketones (excluding diaryl/α,β-unsaturated/α-hetero) is 1. The van der Waals surface area contributed by atoms with Crippen LogP contribution in [0.2, 0.25) is 0 Å². The van der Waals surface area contributed by atoms with Gasteiger partial charge in [0, 0.05) is 70.6 Å². The van der Waals surface area contributed by atoms with Gasteiger partial charge in [-0.3, -0.25) is 19.9 Å². The maximum atomic E-state index is 13.7. The van der Waals surface area contributed by atoms with Gasteiger partial charge in [0.1, 0.15) is 22.8 Å². The Bertz CT molecular complexity index is 3020. The molecule has 9 rings (SSSR count). The second-order valence-electron chi connectivity index (χ2n) is 17.9. The van der Waals surface area contributed by atoms with Gasteiger partial charge in [-0.05, 0) is 117 Å². The van der Waals surface area contributed by atoms with Gasteiger partial charge in [-0.25, -0.2) is 9.78 Å². The van der Waals surface area contributed by atoms with Gasteiger partial charge in [0.2, 0.25) is 6.35 Å². The number of hydrogen-bond donors (Lipinski definition) is 6. The molecule has 1 saturated heterocycles. The number of phenols is 2. The van der Waals surface area contributed by atoms with Crippen molar-refractivity contribution in [2.24, 2.45) is 11.0 Å². The average Bonchev–Trinajstić information content (AvgIpc) is 4.01. The number of carbonyl (C=O) groups is 2. The number of nitrogens with zero attached hydrogens (tertiary/aromatic N) is 6. The van der Waals surface area contributed by atoms with Crippen LogP contribution in [0, 0.1) is 5.92 Å². The molecule has 3 aliphatic heterocycles. The summed E-state index contributed by atoms with van der Waals surface area (Å²) in [5, 5.41) is 59.7. The number of aromatic nitrogens is 3. The van der Waals surface area contributed by atoms with Crippen molar-refractivity contribution in [3.63, 3.8) is 0 Å². The Balaban J connectivity index is 0.845. The molecule has 6 heterocycles. The summed E-state index contributed by atoms with van der Waals surface area (Å²) in [6, 6.07) is 17.9. The third-order valence-electron chi connectivity index (χ3n) is 13.8. The molecule has 0 aliphatic carbocycles. The lowest BCUT2D eigenvalue weighted by Gasteiger charge is -2.31. The standard InChI is InChI=1S/C50H55N7O9/c1-6-33-35-21-32(9-10-40(35)51-45-37(33)25-56-42(45)23-39(38(26-58)47(56)62)50(65,7-2)28(5)59)66-49(64)55-17-13-29(14-18-55)12-16-54-19-15-30-20-31(8-11-41(30)54)57-46(52-53-48(57)63)36-22-34(27(3)4)43(60)24-44(36)61/h8-11,15,19-24,27,29,48,53,58,60-61,63,65H,6-7,12-14,16-18,25-26H2,1-5H3/t48?,50-/m1/s1. The Hall–Kier alpha value is -6.75. The van der Waals surface area contributed by atoms with E-state index in [1.54, 1.807) is 41.0 Å². The van der Waals surface area contributed by atoms with E-state index >= 15 is 0 Å². The number of amides is 1. The van der Waals surface area contributed by atoms with Crippen LogP contribution >= 0.6 is 0 Å². The number of rotatable bonds is 12. The van der Waals surface area contributed by atoms with Gasteiger partial charge in [-0.1, -0.05) is 27.7 Å². The van der Waals surface area contributed by atoms with Crippen molar-refractivity contribution in [2.45, 2.75) is 104 Å². The molecule has 0 spiro atoms. The van der Waals surface area contributed by atoms with E-state index in [1.165, 1.54) is 17.6 Å². The molecule has 1 amide bonds. The van der Waals surface area contributed by atoms with Crippen LogP contribution in [0.25, 0.3) is 33.2 Å². The summed E-state index contributed by atoms with van der Waals surface area (Å²) in [5.41, 5.74) is 6.60. The second-order valence-corrected chi connectivity index (χ2v) is 17.9. The van der Waals surface area contributed by atoms with E-state index in [0.29, 0.717) is 70.7 Å². The first-order valence-corrected chi connectivity index (χ1v) is 22.6. The number of hydrogen-bond acceptors (Lipinski definition) is 13. The fourth-order valence-corrected chi connectivity index (χ4v) is 10.0. The van der Waals surface area contributed by atoms with E-state index in [4.69, 9.17) is 9.72 Å². The summed E-state index contributed by atoms with van der Waals surface area (Å²) in [4.78, 5) is 48.2. The van der Waals surface area contributed by atoms with Crippen molar-refractivity contribution in [1.29, 1.82) is 0 Å². The molecule has 66 heavy (non-hydrogen) atoms. The van der Waals surface area contributed by atoms with Crippen LogP contribution < -0.4 is 20.6 Å². The van der Waals surface area contributed by atoms with Gasteiger partial charge < -0.3 is 44.3 Å². The normalized spacial score (nSPS) is 17.0. The fourth-order valence-electron chi connectivity index (χ4n) is 10.0. The molecular formula is C50H55N7O9. The van der Waals surface area contributed by atoms with Crippen LogP contribution in [-0.2, 0) is 36.5 Å². The van der Waals surface area contributed by atoms with Crippen molar-refractivity contribution >= 4 is 45.2 Å². The largest absolute Gasteiger partial charge is 0.508 e. The number of benzene rings is 3. The maximum absolute atomic E-state index is 13.7. The molecule has 1 fully saturated rings. The molecule has 16 heteroatoms. The van der Waals surface area contributed by atoms with Crippen LogP contribution in [0.3, 0.4) is 0 Å². The maximum Gasteiger partial charge on any atom is 0.415 e. The number of aromatic hydroxyl groups is 2. The number of ketones is 1. The van der Waals surface area contributed by atoms with Crippen molar-refractivity contribution in [2.75, 3.05) is 18.0 Å². The molecule has 3 aliphatic rings. The number of aliphatic hydroxyl groups is 3. The lowest BCUT2D eigenvalue weighted by molar-refractivity contribution is -0.136. The minimum Gasteiger partial charge on any atom is -0.508 e. The van der Waals surface area contributed by atoms with Crippen LogP contribution in [-0.4, -0.2) is 81.7 Å². The Morgan fingerprint density at radius 3 is 2.45 bits per heavy atom. The summed E-state index contributed by atoms with van der Waals surface area (Å²) in [6.07, 6.45) is 3.70. The van der Waals surface area contributed by atoms with E-state index in [1.807, 2.05) is 51.1 Å². The van der Waals surface area contributed by atoms with Crippen molar-refractivity contribution in [3.05, 3.63) is 111 Å². The molecule has 16 nitrogen and oxygen atoms in total. The first-order chi connectivity index (χ1) is 31.6. The lowest BCUT2D eigenvalue weighted by atomic mass is 9.84. The Kier molecular flexibility index (Phi) is 11.6. The van der Waals surface area contributed by atoms with Gasteiger partial charge in [0.05, 0.1) is 35.6 Å². The van der Waals surface area contributed by atoms with Crippen LogP contribution in [0.1, 0.15) is 99.6 Å². The predicted octanol–water partition coefficient (Wildman–Crippen LogP) is 6.50. The summed E-state index contributed by atoms with van der Waals surface area (Å²) in [7, 11) is 0. The van der Waals surface area contributed by atoms with E-state index in [0.717, 1.165) is 53.2 Å². The minimum absolute atomic E-state index is 0.000539. The summed E-state index contributed by atoms with van der Waals surface area (Å²) >= 11 is 0. The molecular weight excluding hydrogens is 843 g/mol. The number of likely N-dealkylation sites (tertiary alicyclic amines) is 1. The van der Waals surface area contributed by atoms with Crippen LogP contribution in [0.5, 0.6) is 17.2 Å². The molecule has 3 aromatic carbocycles. The van der Waals surface area contributed by atoms with Gasteiger partial charge >= 0.3 is 6.09 Å². The topological polar surface area (TPSA) is 215 Å². The number of phenolic OH excluding ortho intramolecular Hbond substituents is 2. The zero-order valence-electron chi connectivity index (χ0n) is 37.7. The molecule has 0 radical (unpaired) electrons. The van der Waals surface area contributed by atoms with E-state index in [9.17, 15) is 39.9 Å². The average molecular weight is 898 g/mol. The lowest BCUT2D eigenvalue weighted by Crippen LogP contribution is -2.40. The molecule has 1 unspecified atom stereocenters. The third-order valence-corrected chi connectivity index (χ3v) is 13.8. The molecule has 3 aromatic heterocycles. The number of aliphatic hydroxyl groups excluding tert-OH is 2. The van der Waals surface area contributed by atoms with Crippen LogP contribution in [0.15, 0.2) is 76.8 Å². The number of hydrazone groups is 1. The summed E-state index contributed by atoms with van der Waals surface area (Å²) < 4.78 is 9.70. The highest BCUT2D eigenvalue weighted by atomic mass is 16.6. The van der Waals surface area contributed by atoms with Gasteiger partial charge in [-0.15, -0.1) is 0 Å². The van der Waals surface area contributed by atoms with E-state index < -0.39 is 36.0 Å². The molecule has 0 saturated carbocycles.